The highest BCUT2D eigenvalue weighted by atomic mass is 32.2. The number of fused-ring (bicyclic) bond motifs is 2. The molecule has 3 N–H and O–H groups in total. The Bertz CT molecular complexity index is 1720. The zero-order valence-electron chi connectivity index (χ0n) is 25.0. The van der Waals surface area contributed by atoms with Gasteiger partial charge < -0.3 is 20.6 Å². The van der Waals surface area contributed by atoms with Gasteiger partial charge in [-0.25, -0.2) is 4.68 Å². The summed E-state index contributed by atoms with van der Waals surface area (Å²) < 4.78 is 0.814. The van der Waals surface area contributed by atoms with E-state index in [1.165, 1.54) is 0 Å². The number of hydrogen-bond acceptors (Lipinski definition) is 7. The zero-order valence-corrected chi connectivity index (χ0v) is 25.8. The Morgan fingerprint density at radius 1 is 0.978 bits per heavy atom. The average Bonchev–Trinajstić information content (AvgIpc) is 3.79. The number of aliphatic hydroxyl groups is 1. The summed E-state index contributed by atoms with van der Waals surface area (Å²) in [5.41, 5.74) is 3.43. The molecule has 1 spiro atoms. The molecule has 2 bridgehead atoms. The van der Waals surface area contributed by atoms with Gasteiger partial charge in [-0.3, -0.25) is 14.4 Å². The number of thioether (sulfide) groups is 1. The highest BCUT2D eigenvalue weighted by Gasteiger charge is 2.76. The van der Waals surface area contributed by atoms with E-state index in [0.717, 1.165) is 23.1 Å². The van der Waals surface area contributed by atoms with Gasteiger partial charge in [0.1, 0.15) is 18.2 Å². The Kier molecular flexibility index (Phi) is 7.83. The van der Waals surface area contributed by atoms with Gasteiger partial charge in [0.2, 0.25) is 17.7 Å². The van der Waals surface area contributed by atoms with Crippen molar-refractivity contribution in [3.05, 3.63) is 96.1 Å². The molecule has 4 aromatic rings. The molecule has 10 nitrogen and oxygen atoms in total. The van der Waals surface area contributed by atoms with Gasteiger partial charge in [0.05, 0.1) is 34.7 Å². The maximum absolute atomic E-state index is 14.6. The number of likely N-dealkylation sites (tertiary alicyclic amines) is 1. The Morgan fingerprint density at radius 3 is 2.40 bits per heavy atom. The molecule has 3 fully saturated rings. The normalized spacial score (nSPS) is 27.5. The molecule has 0 radical (unpaired) electrons. The lowest BCUT2D eigenvalue weighted by Crippen LogP contribution is -2.59. The third-order valence-electron chi connectivity index (χ3n) is 9.79. The summed E-state index contributed by atoms with van der Waals surface area (Å²) in [7, 11) is 0. The van der Waals surface area contributed by atoms with Crippen LogP contribution in [0.5, 0.6) is 0 Å². The average molecular weight is 625 g/mol. The number of carbonyl (C=O) groups is 3. The van der Waals surface area contributed by atoms with Crippen LogP contribution in [0.3, 0.4) is 0 Å². The number of rotatable bonds is 10. The van der Waals surface area contributed by atoms with Gasteiger partial charge in [0.15, 0.2) is 0 Å². The van der Waals surface area contributed by atoms with Crippen molar-refractivity contribution < 1.29 is 19.5 Å². The van der Waals surface area contributed by atoms with E-state index >= 15 is 0 Å². The fraction of sp³-hybridized carbons (Fsp3) is 0.382. The monoisotopic (exact) mass is 624 g/mol. The zero-order chi connectivity index (χ0) is 31.1. The molecule has 3 saturated heterocycles. The van der Waals surface area contributed by atoms with Crippen LogP contribution in [-0.4, -0.2) is 71.4 Å². The standard InChI is InChI=1S/C34H36N6O4S/c1-21-16-27-28(31(42)35-18-23-12-6-3-7-13-23)29-33(44)40(24(19-41)17-22-10-4-2-5-11-22)30(34(21,29)45-27)32(43)36-20-39-26-15-9-8-14-25(26)37-38-39/h2-15,21,24,27-30,41H,16-20H2,1H3,(H,35,42)(H,36,43)/t21?,24-,27-,28+,29+,30?,34?/m1/s1. The fourth-order valence-corrected chi connectivity index (χ4v) is 10.2. The van der Waals surface area contributed by atoms with Crippen LogP contribution < -0.4 is 10.6 Å². The predicted octanol–water partition coefficient (Wildman–Crippen LogP) is 2.76. The summed E-state index contributed by atoms with van der Waals surface area (Å²) in [6, 6.07) is 25.4. The minimum Gasteiger partial charge on any atom is -0.394 e. The van der Waals surface area contributed by atoms with Crippen molar-refractivity contribution in [2.75, 3.05) is 6.61 Å². The second-order valence-corrected chi connectivity index (χ2v) is 13.9. The van der Waals surface area contributed by atoms with E-state index in [-0.39, 0.29) is 42.2 Å². The molecule has 7 atom stereocenters. The van der Waals surface area contributed by atoms with E-state index in [1.807, 2.05) is 84.9 Å². The van der Waals surface area contributed by atoms with E-state index in [1.54, 1.807) is 21.3 Å². The van der Waals surface area contributed by atoms with E-state index in [4.69, 9.17) is 0 Å². The van der Waals surface area contributed by atoms with Crippen molar-refractivity contribution in [1.82, 2.24) is 30.5 Å². The quantitative estimate of drug-likeness (QED) is 0.248. The summed E-state index contributed by atoms with van der Waals surface area (Å²) >= 11 is 1.62. The number of nitrogens with zero attached hydrogens (tertiary/aromatic N) is 4. The van der Waals surface area contributed by atoms with Crippen LogP contribution >= 0.6 is 11.8 Å². The van der Waals surface area contributed by atoms with Crippen molar-refractivity contribution in [2.24, 2.45) is 17.8 Å². The smallest absolute Gasteiger partial charge is 0.245 e. The number of amides is 3. The van der Waals surface area contributed by atoms with E-state index in [2.05, 4.69) is 27.9 Å². The van der Waals surface area contributed by atoms with Crippen molar-refractivity contribution in [1.29, 1.82) is 0 Å². The van der Waals surface area contributed by atoms with Crippen LogP contribution in [0.1, 0.15) is 24.5 Å². The summed E-state index contributed by atoms with van der Waals surface area (Å²) in [4.78, 5) is 44.5. The molecule has 45 heavy (non-hydrogen) atoms. The number of aliphatic hydroxyl groups excluding tert-OH is 1. The molecule has 232 valence electrons. The molecule has 3 unspecified atom stereocenters. The lowest BCUT2D eigenvalue weighted by Gasteiger charge is -2.40. The van der Waals surface area contributed by atoms with Gasteiger partial charge in [-0.15, -0.1) is 16.9 Å². The molecule has 4 heterocycles. The first-order valence-electron chi connectivity index (χ1n) is 15.4. The Labute approximate surface area is 265 Å². The maximum atomic E-state index is 14.6. The van der Waals surface area contributed by atoms with E-state index in [0.29, 0.717) is 18.5 Å². The van der Waals surface area contributed by atoms with Crippen LogP contribution in [0.4, 0.5) is 0 Å². The lowest BCUT2D eigenvalue weighted by atomic mass is 9.66. The molecule has 3 aliphatic heterocycles. The second-order valence-electron chi connectivity index (χ2n) is 12.3. The number of hydrogen-bond donors (Lipinski definition) is 3. The first kappa shape index (κ1) is 29.5. The Hall–Kier alpha value is -4.22. The fourth-order valence-electron chi connectivity index (χ4n) is 7.78. The minimum absolute atomic E-state index is 0.00337. The van der Waals surface area contributed by atoms with Crippen LogP contribution in [0.2, 0.25) is 0 Å². The molecule has 3 amide bonds. The van der Waals surface area contributed by atoms with Crippen molar-refractivity contribution in [2.45, 2.75) is 55.1 Å². The van der Waals surface area contributed by atoms with Crippen LogP contribution in [-0.2, 0) is 34.0 Å². The summed E-state index contributed by atoms with van der Waals surface area (Å²) in [6.07, 6.45) is 1.11. The molecule has 1 aromatic heterocycles. The van der Waals surface area contributed by atoms with Crippen LogP contribution in [0.15, 0.2) is 84.9 Å². The van der Waals surface area contributed by atoms with Gasteiger partial charge in [0, 0.05) is 11.8 Å². The van der Waals surface area contributed by atoms with Gasteiger partial charge in [0.25, 0.3) is 0 Å². The first-order valence-corrected chi connectivity index (χ1v) is 16.3. The highest BCUT2D eigenvalue weighted by molar-refractivity contribution is 8.02. The van der Waals surface area contributed by atoms with Crippen molar-refractivity contribution in [3.8, 4) is 0 Å². The number of nitrogens with one attached hydrogen (secondary N) is 2. The Morgan fingerprint density at radius 2 is 1.67 bits per heavy atom. The van der Waals surface area contributed by atoms with E-state index in [9.17, 15) is 19.5 Å². The molecule has 3 aliphatic rings. The second kappa shape index (κ2) is 11.9. The number of carbonyl (C=O) groups excluding carboxylic acids is 3. The summed E-state index contributed by atoms with van der Waals surface area (Å²) in [6.45, 7) is 2.22. The largest absolute Gasteiger partial charge is 0.394 e. The maximum Gasteiger partial charge on any atom is 0.245 e. The molecule has 11 heteroatoms. The van der Waals surface area contributed by atoms with Gasteiger partial charge in [-0.2, -0.15) is 0 Å². The molecule has 7 rings (SSSR count). The Balaban J connectivity index is 1.22. The number of benzene rings is 3. The first-order chi connectivity index (χ1) is 21.9. The highest BCUT2D eigenvalue weighted by Crippen LogP contribution is 2.68. The van der Waals surface area contributed by atoms with Crippen molar-refractivity contribution in [3.63, 3.8) is 0 Å². The van der Waals surface area contributed by atoms with Gasteiger partial charge in [-0.05, 0) is 42.0 Å². The third kappa shape index (κ3) is 4.98. The topological polar surface area (TPSA) is 129 Å². The summed E-state index contributed by atoms with van der Waals surface area (Å²) in [5.74, 6) is -1.97. The molecular weight excluding hydrogens is 588 g/mol. The van der Waals surface area contributed by atoms with Gasteiger partial charge in [-0.1, -0.05) is 84.9 Å². The summed E-state index contributed by atoms with van der Waals surface area (Å²) in [5, 5.41) is 25.2. The predicted molar refractivity (Wildman–Crippen MR) is 170 cm³/mol. The van der Waals surface area contributed by atoms with Crippen molar-refractivity contribution >= 4 is 40.5 Å². The van der Waals surface area contributed by atoms with Crippen LogP contribution in [0.25, 0.3) is 11.0 Å². The number of para-hydroxylation sites is 1. The van der Waals surface area contributed by atoms with Crippen LogP contribution in [0, 0.1) is 17.8 Å². The van der Waals surface area contributed by atoms with Gasteiger partial charge >= 0.3 is 0 Å². The number of aromatic nitrogens is 3. The molecule has 0 saturated carbocycles. The minimum atomic E-state index is -0.873. The SMILES string of the molecule is CC1C[C@H]2SC13C(C(=O)NCn1nnc4ccccc41)N([C@@H](CO)Cc1ccccc1)C(=O)[C@@H]3[C@H]2C(=O)NCc1ccccc1. The molecular formula is C34H36N6O4S. The third-order valence-corrected chi connectivity index (χ3v) is 11.9. The molecule has 3 aromatic carbocycles. The molecule has 0 aliphatic carbocycles. The lowest BCUT2D eigenvalue weighted by molar-refractivity contribution is -0.142. The van der Waals surface area contributed by atoms with E-state index < -0.39 is 28.7 Å².